The lowest BCUT2D eigenvalue weighted by molar-refractivity contribution is -0.870. The molecule has 0 aliphatic heterocycles. The van der Waals surface area contributed by atoms with Crippen LogP contribution >= 0.6 is 7.82 Å². The largest absolute Gasteiger partial charge is 0.466 e. The number of phosphoric acid groups is 1. The summed E-state index contributed by atoms with van der Waals surface area (Å²) in [4.78, 5) is 31.9. The number of carbonyl (C=O) groups is 1. The summed E-state index contributed by atoms with van der Waals surface area (Å²) in [5.74, 6) is -0.201. The molecule has 0 unspecified atom stereocenters. The number of likely N-dealkylation sites (N-methyl/N-ethyl adjacent to an activating group) is 1. The zero-order valence-electron chi connectivity index (χ0n) is 9.38. The van der Waals surface area contributed by atoms with E-state index in [9.17, 15) is 4.79 Å². The Labute approximate surface area is 89.1 Å². The van der Waals surface area contributed by atoms with Crippen molar-refractivity contribution >= 4 is 13.8 Å². The summed E-state index contributed by atoms with van der Waals surface area (Å²) in [6.45, 7) is 2.80. The summed E-state index contributed by atoms with van der Waals surface area (Å²) >= 11 is 0. The standard InChI is InChI=1S/C7H16NO2.H3O4P/c1-7(9)10-6-5-8(2,3)4;1-5(2,3)4/h5-6H2,1-4H3;(H3,1,2,3,4)/q+1;. The van der Waals surface area contributed by atoms with Gasteiger partial charge in [-0.25, -0.2) is 4.57 Å². The van der Waals surface area contributed by atoms with Crippen molar-refractivity contribution in [1.29, 1.82) is 0 Å². The van der Waals surface area contributed by atoms with Crippen LogP contribution in [0.3, 0.4) is 0 Å². The number of carbonyl (C=O) groups excluding carboxylic acids is 1. The van der Waals surface area contributed by atoms with Crippen LogP contribution in [0.15, 0.2) is 0 Å². The number of hydrogen-bond acceptors (Lipinski definition) is 3. The maximum atomic E-state index is 10.3. The van der Waals surface area contributed by atoms with Gasteiger partial charge >= 0.3 is 13.8 Å². The fourth-order valence-corrected chi connectivity index (χ4v) is 0.463. The van der Waals surface area contributed by atoms with Gasteiger partial charge < -0.3 is 23.9 Å². The van der Waals surface area contributed by atoms with E-state index in [1.165, 1.54) is 6.92 Å². The monoisotopic (exact) mass is 244 g/mol. The minimum atomic E-state index is -4.64. The van der Waals surface area contributed by atoms with Crippen LogP contribution in [0.4, 0.5) is 0 Å². The van der Waals surface area contributed by atoms with Crippen LogP contribution in [0.2, 0.25) is 0 Å². The average Bonchev–Trinajstić information content (AvgIpc) is 1.77. The van der Waals surface area contributed by atoms with Crippen LogP contribution in [0.5, 0.6) is 0 Å². The molecule has 0 aliphatic rings. The van der Waals surface area contributed by atoms with E-state index >= 15 is 0 Å². The molecular formula is C7H19NO6P+. The van der Waals surface area contributed by atoms with Crippen molar-refractivity contribution in [3.8, 4) is 0 Å². The molecule has 7 nitrogen and oxygen atoms in total. The van der Waals surface area contributed by atoms with E-state index < -0.39 is 7.82 Å². The Morgan fingerprint density at radius 1 is 1.27 bits per heavy atom. The highest BCUT2D eigenvalue weighted by atomic mass is 31.2. The van der Waals surface area contributed by atoms with Gasteiger partial charge in [0, 0.05) is 6.92 Å². The van der Waals surface area contributed by atoms with Crippen molar-refractivity contribution < 1.29 is 33.3 Å². The molecule has 15 heavy (non-hydrogen) atoms. The molecule has 0 amide bonds. The first kappa shape index (κ1) is 17.0. The molecule has 0 atom stereocenters. The van der Waals surface area contributed by atoms with Gasteiger partial charge in [-0.15, -0.1) is 0 Å². The Balaban J connectivity index is 0. The van der Waals surface area contributed by atoms with Gasteiger partial charge in [0.05, 0.1) is 21.1 Å². The highest BCUT2D eigenvalue weighted by molar-refractivity contribution is 7.45. The van der Waals surface area contributed by atoms with E-state index in [1.54, 1.807) is 0 Å². The predicted octanol–water partition coefficient (Wildman–Crippen LogP) is -0.673. The average molecular weight is 244 g/mol. The molecule has 0 aromatic rings. The first-order valence-electron chi connectivity index (χ1n) is 4.14. The fraction of sp³-hybridized carbons (Fsp3) is 0.857. The lowest BCUT2D eigenvalue weighted by atomic mass is 10.5. The normalized spacial score (nSPS) is 11.4. The quantitative estimate of drug-likeness (QED) is 0.345. The molecule has 0 bridgehead atoms. The molecule has 3 N–H and O–H groups in total. The van der Waals surface area contributed by atoms with E-state index in [0.717, 1.165) is 11.0 Å². The van der Waals surface area contributed by atoms with Crippen molar-refractivity contribution in [2.24, 2.45) is 0 Å². The fourth-order valence-electron chi connectivity index (χ4n) is 0.463. The number of nitrogens with zero attached hydrogens (tertiary/aromatic N) is 1. The summed E-state index contributed by atoms with van der Waals surface area (Å²) in [6.07, 6.45) is 0. The zero-order chi connectivity index (χ0) is 12.7. The second kappa shape index (κ2) is 6.92. The summed E-state index contributed by atoms with van der Waals surface area (Å²) in [6, 6.07) is 0. The number of hydrogen-bond donors (Lipinski definition) is 3. The van der Waals surface area contributed by atoms with Gasteiger partial charge in [-0.3, -0.25) is 4.79 Å². The lowest BCUT2D eigenvalue weighted by Crippen LogP contribution is -2.37. The van der Waals surface area contributed by atoms with Crippen LogP contribution < -0.4 is 0 Å². The molecule has 0 heterocycles. The first-order chi connectivity index (χ1) is 6.42. The molecule has 0 fully saturated rings. The molecule has 0 saturated carbocycles. The maximum absolute atomic E-state index is 10.3. The third-order valence-corrected chi connectivity index (χ3v) is 1.07. The minimum absolute atomic E-state index is 0.201. The highest BCUT2D eigenvalue weighted by Crippen LogP contribution is 2.25. The van der Waals surface area contributed by atoms with E-state index in [-0.39, 0.29) is 5.97 Å². The van der Waals surface area contributed by atoms with Gasteiger partial charge in [-0.2, -0.15) is 0 Å². The van der Waals surface area contributed by atoms with Crippen LogP contribution in [-0.2, 0) is 14.1 Å². The van der Waals surface area contributed by atoms with Gasteiger partial charge in [0.1, 0.15) is 13.2 Å². The third-order valence-electron chi connectivity index (χ3n) is 1.07. The number of ether oxygens (including phenoxy) is 1. The van der Waals surface area contributed by atoms with Crippen molar-refractivity contribution in [3.05, 3.63) is 0 Å². The highest BCUT2D eigenvalue weighted by Gasteiger charge is 2.06. The van der Waals surface area contributed by atoms with Crippen LogP contribution in [0.1, 0.15) is 6.92 Å². The van der Waals surface area contributed by atoms with Crippen molar-refractivity contribution in [2.45, 2.75) is 6.92 Å². The number of rotatable bonds is 3. The van der Waals surface area contributed by atoms with Gasteiger partial charge in [-0.05, 0) is 0 Å². The van der Waals surface area contributed by atoms with Crippen LogP contribution in [0, 0.1) is 0 Å². The van der Waals surface area contributed by atoms with Gasteiger partial charge in [0.2, 0.25) is 0 Å². The molecule has 8 heteroatoms. The lowest BCUT2D eigenvalue weighted by Gasteiger charge is -2.23. The van der Waals surface area contributed by atoms with Crippen LogP contribution in [0.25, 0.3) is 0 Å². The minimum Gasteiger partial charge on any atom is -0.460 e. The Bertz CT molecular complexity index is 222. The summed E-state index contributed by atoms with van der Waals surface area (Å²) in [5, 5.41) is 0. The van der Waals surface area contributed by atoms with Crippen LogP contribution in [-0.4, -0.2) is 59.4 Å². The molecule has 92 valence electrons. The summed E-state index contributed by atoms with van der Waals surface area (Å²) < 4.78 is 14.5. The summed E-state index contributed by atoms with van der Waals surface area (Å²) in [7, 11) is 1.54. The first-order valence-corrected chi connectivity index (χ1v) is 5.70. The molecule has 0 saturated heterocycles. The second-order valence-corrected chi connectivity index (χ2v) is 4.89. The molecule has 0 rings (SSSR count). The van der Waals surface area contributed by atoms with Gasteiger partial charge in [0.25, 0.3) is 0 Å². The number of esters is 1. The number of quaternary nitrogens is 1. The van der Waals surface area contributed by atoms with E-state index in [4.69, 9.17) is 24.0 Å². The molecule has 0 aromatic carbocycles. The molecule has 0 radical (unpaired) electrons. The summed E-state index contributed by atoms with van der Waals surface area (Å²) in [5.41, 5.74) is 0. The molecule has 0 aliphatic carbocycles. The van der Waals surface area contributed by atoms with Crippen molar-refractivity contribution in [2.75, 3.05) is 34.3 Å². The maximum Gasteiger partial charge on any atom is 0.466 e. The second-order valence-electron chi connectivity index (χ2n) is 3.87. The zero-order valence-corrected chi connectivity index (χ0v) is 10.3. The SMILES string of the molecule is CC(=O)OCC[N+](C)(C)C.O=P(O)(O)O. The van der Waals surface area contributed by atoms with Gasteiger partial charge in [-0.1, -0.05) is 0 Å². The molecular weight excluding hydrogens is 225 g/mol. The van der Waals surface area contributed by atoms with Crippen molar-refractivity contribution in [1.82, 2.24) is 0 Å². The van der Waals surface area contributed by atoms with E-state index in [0.29, 0.717) is 6.61 Å². The molecule has 0 aromatic heterocycles. The van der Waals surface area contributed by atoms with E-state index in [2.05, 4.69) is 21.1 Å². The Morgan fingerprint density at radius 2 is 1.60 bits per heavy atom. The Hall–Kier alpha value is -0.460. The third kappa shape index (κ3) is 42.2. The van der Waals surface area contributed by atoms with E-state index in [1.807, 2.05) is 0 Å². The van der Waals surface area contributed by atoms with Crippen molar-refractivity contribution in [3.63, 3.8) is 0 Å². The topological polar surface area (TPSA) is 104 Å². The van der Waals surface area contributed by atoms with Gasteiger partial charge in [0.15, 0.2) is 0 Å². The predicted molar refractivity (Wildman–Crippen MR) is 53.8 cm³/mol. The Kier molecular flexibility index (Phi) is 7.82. The molecule has 0 spiro atoms. The smallest absolute Gasteiger partial charge is 0.460 e. The Morgan fingerprint density at radius 3 is 1.80 bits per heavy atom.